The molecule has 0 aliphatic heterocycles. The Labute approximate surface area is 91.5 Å². The predicted molar refractivity (Wildman–Crippen MR) is 60.7 cm³/mol. The zero-order valence-electron chi connectivity index (χ0n) is 8.00. The quantitative estimate of drug-likeness (QED) is 0.623. The molecular weight excluding hydrogens is 244 g/mol. The standard InChI is InChI=1S/C9H11BrN4/c1-4-9(2,3)14-7-5-6(10)12-8(11)13-7/h1,5H,2-3H3,(H3,11,12,13,14). The van der Waals surface area contributed by atoms with Crippen molar-refractivity contribution in [2.75, 3.05) is 11.1 Å². The maximum absolute atomic E-state index is 5.48. The summed E-state index contributed by atoms with van der Waals surface area (Å²) in [6, 6.07) is 1.72. The first-order chi connectivity index (χ1) is 6.43. The lowest BCUT2D eigenvalue weighted by atomic mass is 10.1. The number of nitrogens with one attached hydrogen (secondary N) is 1. The van der Waals surface area contributed by atoms with E-state index in [2.05, 4.69) is 37.1 Å². The molecule has 0 radical (unpaired) electrons. The Kier molecular flexibility index (Phi) is 2.96. The van der Waals surface area contributed by atoms with Crippen molar-refractivity contribution >= 4 is 27.7 Å². The highest BCUT2D eigenvalue weighted by molar-refractivity contribution is 9.10. The van der Waals surface area contributed by atoms with Crippen LogP contribution in [-0.4, -0.2) is 15.5 Å². The van der Waals surface area contributed by atoms with Crippen LogP contribution < -0.4 is 11.1 Å². The van der Waals surface area contributed by atoms with Gasteiger partial charge in [0.1, 0.15) is 10.4 Å². The van der Waals surface area contributed by atoms with Gasteiger partial charge in [-0.05, 0) is 29.8 Å². The molecule has 1 rings (SSSR count). The van der Waals surface area contributed by atoms with Crippen LogP contribution in [0, 0.1) is 12.3 Å². The number of hydrogen-bond donors (Lipinski definition) is 2. The van der Waals surface area contributed by atoms with Crippen LogP contribution in [0.15, 0.2) is 10.7 Å². The fourth-order valence-corrected chi connectivity index (χ4v) is 1.25. The summed E-state index contributed by atoms with van der Waals surface area (Å²) in [4.78, 5) is 7.88. The van der Waals surface area contributed by atoms with Crippen molar-refractivity contribution < 1.29 is 0 Å². The molecule has 74 valence electrons. The zero-order chi connectivity index (χ0) is 10.8. The number of nitrogens with two attached hydrogens (primary N) is 1. The molecule has 0 bridgehead atoms. The normalized spacial score (nSPS) is 10.7. The van der Waals surface area contributed by atoms with Crippen LogP contribution in [0.3, 0.4) is 0 Å². The third-order valence-electron chi connectivity index (χ3n) is 1.51. The molecule has 0 unspecified atom stereocenters. The molecule has 1 aromatic heterocycles. The summed E-state index contributed by atoms with van der Waals surface area (Å²) < 4.78 is 0.625. The summed E-state index contributed by atoms with van der Waals surface area (Å²) in [5.74, 6) is 3.41. The van der Waals surface area contributed by atoms with E-state index in [0.29, 0.717) is 10.4 Å². The van der Waals surface area contributed by atoms with Gasteiger partial charge in [-0.1, -0.05) is 5.92 Å². The van der Waals surface area contributed by atoms with E-state index in [9.17, 15) is 0 Å². The van der Waals surface area contributed by atoms with Gasteiger partial charge in [-0.3, -0.25) is 0 Å². The van der Waals surface area contributed by atoms with Crippen molar-refractivity contribution in [2.24, 2.45) is 0 Å². The van der Waals surface area contributed by atoms with Gasteiger partial charge in [0, 0.05) is 6.07 Å². The second-order valence-electron chi connectivity index (χ2n) is 3.33. The highest BCUT2D eigenvalue weighted by atomic mass is 79.9. The lowest BCUT2D eigenvalue weighted by Gasteiger charge is -2.20. The topological polar surface area (TPSA) is 63.8 Å². The first-order valence-corrected chi connectivity index (χ1v) is 4.78. The Bertz CT molecular complexity index is 361. The van der Waals surface area contributed by atoms with Gasteiger partial charge in [0.2, 0.25) is 5.95 Å². The van der Waals surface area contributed by atoms with Gasteiger partial charge in [0.25, 0.3) is 0 Å². The molecule has 0 amide bonds. The third-order valence-corrected chi connectivity index (χ3v) is 1.92. The van der Waals surface area contributed by atoms with Crippen LogP contribution in [0.2, 0.25) is 0 Å². The molecule has 0 fully saturated rings. The van der Waals surface area contributed by atoms with Crippen LogP contribution in [0.5, 0.6) is 0 Å². The molecule has 1 aromatic rings. The maximum atomic E-state index is 5.48. The second-order valence-corrected chi connectivity index (χ2v) is 4.14. The number of aromatic nitrogens is 2. The monoisotopic (exact) mass is 254 g/mol. The second kappa shape index (κ2) is 3.84. The highest BCUT2D eigenvalue weighted by Crippen LogP contribution is 2.16. The van der Waals surface area contributed by atoms with Gasteiger partial charge in [0.05, 0.1) is 5.54 Å². The van der Waals surface area contributed by atoms with Crippen LogP contribution in [0.4, 0.5) is 11.8 Å². The van der Waals surface area contributed by atoms with Crippen molar-refractivity contribution in [1.82, 2.24) is 9.97 Å². The SMILES string of the molecule is C#CC(C)(C)Nc1cc(Br)nc(N)n1. The van der Waals surface area contributed by atoms with Gasteiger partial charge in [0.15, 0.2) is 0 Å². The fourth-order valence-electron chi connectivity index (χ4n) is 0.856. The molecule has 5 heteroatoms. The smallest absolute Gasteiger partial charge is 0.223 e. The fraction of sp³-hybridized carbons (Fsp3) is 0.333. The summed E-state index contributed by atoms with van der Waals surface area (Å²) in [6.45, 7) is 3.75. The largest absolute Gasteiger partial charge is 0.368 e. The van der Waals surface area contributed by atoms with E-state index < -0.39 is 5.54 Å². The van der Waals surface area contributed by atoms with Crippen LogP contribution in [-0.2, 0) is 0 Å². The van der Waals surface area contributed by atoms with Crippen LogP contribution in [0.25, 0.3) is 0 Å². The number of nitrogen functional groups attached to an aromatic ring is 1. The number of hydrogen-bond acceptors (Lipinski definition) is 4. The van der Waals surface area contributed by atoms with Crippen molar-refractivity contribution in [3.63, 3.8) is 0 Å². The van der Waals surface area contributed by atoms with Crippen LogP contribution >= 0.6 is 15.9 Å². The molecule has 0 saturated carbocycles. The minimum absolute atomic E-state index is 0.203. The Morgan fingerprint density at radius 1 is 1.57 bits per heavy atom. The average molecular weight is 255 g/mol. The predicted octanol–water partition coefficient (Wildman–Crippen LogP) is 1.64. The Balaban J connectivity index is 2.94. The summed E-state index contributed by atoms with van der Waals surface area (Å²) in [5.41, 5.74) is 5.02. The molecule has 0 aromatic carbocycles. The summed E-state index contributed by atoms with van der Waals surface area (Å²) in [6.07, 6.45) is 5.33. The number of nitrogens with zero attached hydrogens (tertiary/aromatic N) is 2. The van der Waals surface area contributed by atoms with E-state index in [1.807, 2.05) is 13.8 Å². The summed E-state index contributed by atoms with van der Waals surface area (Å²) in [7, 11) is 0. The molecule has 0 spiro atoms. The number of terminal acetylenes is 1. The van der Waals surface area contributed by atoms with E-state index in [0.717, 1.165) is 0 Å². The van der Waals surface area contributed by atoms with Crippen molar-refractivity contribution in [1.29, 1.82) is 0 Å². The van der Waals surface area contributed by atoms with Gasteiger partial charge < -0.3 is 11.1 Å². The maximum Gasteiger partial charge on any atom is 0.223 e. The zero-order valence-corrected chi connectivity index (χ0v) is 9.59. The molecule has 0 atom stereocenters. The van der Waals surface area contributed by atoms with E-state index >= 15 is 0 Å². The Morgan fingerprint density at radius 3 is 2.71 bits per heavy atom. The molecule has 14 heavy (non-hydrogen) atoms. The Hall–Kier alpha value is -1.28. The van der Waals surface area contributed by atoms with Gasteiger partial charge in [-0.25, -0.2) is 4.98 Å². The first kappa shape index (κ1) is 10.8. The average Bonchev–Trinajstić information content (AvgIpc) is 2.01. The summed E-state index contributed by atoms with van der Waals surface area (Å²) in [5, 5.41) is 3.05. The molecule has 3 N–H and O–H groups in total. The molecule has 0 aliphatic carbocycles. The van der Waals surface area contributed by atoms with E-state index in [1.54, 1.807) is 6.07 Å². The van der Waals surface area contributed by atoms with Gasteiger partial charge >= 0.3 is 0 Å². The molecule has 0 aliphatic rings. The van der Waals surface area contributed by atoms with Crippen molar-refractivity contribution in [2.45, 2.75) is 19.4 Å². The van der Waals surface area contributed by atoms with Crippen LogP contribution in [0.1, 0.15) is 13.8 Å². The molecule has 4 nitrogen and oxygen atoms in total. The van der Waals surface area contributed by atoms with E-state index in [1.165, 1.54) is 0 Å². The highest BCUT2D eigenvalue weighted by Gasteiger charge is 2.14. The number of halogens is 1. The number of rotatable bonds is 2. The molecular formula is C9H11BrN4. The number of anilines is 2. The lowest BCUT2D eigenvalue weighted by Crippen LogP contribution is -2.29. The van der Waals surface area contributed by atoms with Crippen molar-refractivity contribution in [3.8, 4) is 12.3 Å². The lowest BCUT2D eigenvalue weighted by molar-refractivity contribution is 0.735. The molecule has 0 saturated heterocycles. The van der Waals surface area contributed by atoms with E-state index in [-0.39, 0.29) is 5.95 Å². The minimum Gasteiger partial charge on any atom is -0.368 e. The molecule has 1 heterocycles. The van der Waals surface area contributed by atoms with E-state index in [4.69, 9.17) is 12.2 Å². The minimum atomic E-state index is -0.458. The third kappa shape index (κ3) is 2.89. The first-order valence-electron chi connectivity index (χ1n) is 3.99. The van der Waals surface area contributed by atoms with Crippen molar-refractivity contribution in [3.05, 3.63) is 10.7 Å². The van der Waals surface area contributed by atoms with Gasteiger partial charge in [-0.15, -0.1) is 6.42 Å². The summed E-state index contributed by atoms with van der Waals surface area (Å²) >= 11 is 3.22. The van der Waals surface area contributed by atoms with Gasteiger partial charge in [-0.2, -0.15) is 4.98 Å². The Morgan fingerprint density at radius 2 is 2.21 bits per heavy atom.